The highest BCUT2D eigenvalue weighted by Crippen LogP contribution is 2.23. The van der Waals surface area contributed by atoms with Crippen LogP contribution in [0.25, 0.3) is 11.0 Å². The highest BCUT2D eigenvalue weighted by atomic mass is 19.1. The van der Waals surface area contributed by atoms with Crippen molar-refractivity contribution < 1.29 is 18.7 Å². The van der Waals surface area contributed by atoms with Crippen LogP contribution in [0.2, 0.25) is 0 Å². The molecule has 0 saturated heterocycles. The number of aromatic hydroxyl groups is 1. The van der Waals surface area contributed by atoms with Gasteiger partial charge in [-0.25, -0.2) is 4.39 Å². The Morgan fingerprint density at radius 1 is 1.11 bits per heavy atom. The molecule has 19 heavy (non-hydrogen) atoms. The molecule has 0 aliphatic heterocycles. The number of carbonyl (C=O) groups is 1. The molecule has 0 unspecified atom stereocenters. The Balaban J connectivity index is 2.05. The zero-order valence-corrected chi connectivity index (χ0v) is 9.76. The Labute approximate surface area is 107 Å². The second-order valence-corrected chi connectivity index (χ2v) is 4.14. The van der Waals surface area contributed by atoms with Gasteiger partial charge in [0.15, 0.2) is 17.3 Å². The molecule has 0 atom stereocenters. The van der Waals surface area contributed by atoms with Crippen LogP contribution in [0, 0.1) is 5.82 Å². The smallest absolute Gasteiger partial charge is 0.228 e. The van der Waals surface area contributed by atoms with E-state index < -0.39 is 17.3 Å². The Hall–Kier alpha value is -2.62. The van der Waals surface area contributed by atoms with E-state index in [0.717, 1.165) is 17.5 Å². The molecule has 3 nitrogen and oxygen atoms in total. The molecule has 0 aliphatic carbocycles. The number of fused-ring (bicyclic) bond motifs is 1. The molecular formula is C15H9FO3. The van der Waals surface area contributed by atoms with Gasteiger partial charge in [0.1, 0.15) is 5.58 Å². The van der Waals surface area contributed by atoms with Crippen LogP contribution >= 0.6 is 0 Å². The summed E-state index contributed by atoms with van der Waals surface area (Å²) in [6.45, 7) is 0. The molecular weight excluding hydrogens is 247 g/mol. The summed E-state index contributed by atoms with van der Waals surface area (Å²) in [6, 6.07) is 12.3. The highest BCUT2D eigenvalue weighted by molar-refractivity contribution is 6.09. The van der Waals surface area contributed by atoms with Crippen molar-refractivity contribution in [3.63, 3.8) is 0 Å². The monoisotopic (exact) mass is 256 g/mol. The minimum atomic E-state index is -0.832. The summed E-state index contributed by atoms with van der Waals surface area (Å²) >= 11 is 0. The number of phenols is 1. The SMILES string of the molecule is O=C(c1ccc(O)c(F)c1)c1cc2ccccc2o1. The van der Waals surface area contributed by atoms with Crippen molar-refractivity contribution in [2.45, 2.75) is 0 Å². The average molecular weight is 256 g/mol. The molecule has 0 fully saturated rings. The first kappa shape index (κ1) is 11.5. The number of rotatable bonds is 2. The van der Waals surface area contributed by atoms with Crippen molar-refractivity contribution in [2.75, 3.05) is 0 Å². The summed E-state index contributed by atoms with van der Waals surface area (Å²) in [7, 11) is 0. The van der Waals surface area contributed by atoms with Gasteiger partial charge in [-0.3, -0.25) is 4.79 Å². The Bertz CT molecular complexity index is 741. The Morgan fingerprint density at radius 2 is 1.89 bits per heavy atom. The van der Waals surface area contributed by atoms with Crippen LogP contribution in [0.5, 0.6) is 5.75 Å². The number of halogens is 1. The quantitative estimate of drug-likeness (QED) is 0.714. The topological polar surface area (TPSA) is 50.4 Å². The molecule has 1 N–H and O–H groups in total. The van der Waals surface area contributed by atoms with Crippen molar-refractivity contribution in [1.82, 2.24) is 0 Å². The lowest BCUT2D eigenvalue weighted by Gasteiger charge is -1.99. The molecule has 0 aliphatic rings. The van der Waals surface area contributed by atoms with Crippen LogP contribution in [0.3, 0.4) is 0 Å². The summed E-state index contributed by atoms with van der Waals surface area (Å²) in [5, 5.41) is 9.91. The lowest BCUT2D eigenvalue weighted by Crippen LogP contribution is -1.99. The standard InChI is InChI=1S/C15H9FO3/c16-11-7-10(5-6-12(11)17)15(18)14-8-9-3-1-2-4-13(9)19-14/h1-8,17H. The average Bonchev–Trinajstić information content (AvgIpc) is 2.85. The fourth-order valence-corrected chi connectivity index (χ4v) is 1.88. The molecule has 1 heterocycles. The third-order valence-corrected chi connectivity index (χ3v) is 2.86. The zero-order valence-electron chi connectivity index (χ0n) is 9.76. The summed E-state index contributed by atoms with van der Waals surface area (Å²) in [5.41, 5.74) is 0.736. The molecule has 4 heteroatoms. The molecule has 3 rings (SSSR count). The molecule has 0 radical (unpaired) electrons. The summed E-state index contributed by atoms with van der Waals surface area (Å²) in [4.78, 5) is 12.1. The minimum absolute atomic E-state index is 0.134. The first-order valence-corrected chi connectivity index (χ1v) is 5.67. The first-order valence-electron chi connectivity index (χ1n) is 5.67. The number of carbonyl (C=O) groups excluding carboxylic acids is 1. The molecule has 1 aromatic heterocycles. The molecule has 0 bridgehead atoms. The van der Waals surface area contributed by atoms with Gasteiger partial charge in [0.05, 0.1) is 0 Å². The molecule has 3 aromatic rings. The van der Waals surface area contributed by atoms with E-state index in [1.807, 2.05) is 12.1 Å². The van der Waals surface area contributed by atoms with Crippen LogP contribution in [-0.2, 0) is 0 Å². The van der Waals surface area contributed by atoms with Gasteiger partial charge in [0, 0.05) is 10.9 Å². The van der Waals surface area contributed by atoms with E-state index in [9.17, 15) is 9.18 Å². The van der Waals surface area contributed by atoms with Crippen molar-refractivity contribution in [2.24, 2.45) is 0 Å². The highest BCUT2D eigenvalue weighted by Gasteiger charge is 2.16. The van der Waals surface area contributed by atoms with E-state index in [1.54, 1.807) is 18.2 Å². The summed E-state index contributed by atoms with van der Waals surface area (Å²) in [5.74, 6) is -1.59. The van der Waals surface area contributed by atoms with E-state index in [2.05, 4.69) is 0 Å². The van der Waals surface area contributed by atoms with Crippen LogP contribution in [0.15, 0.2) is 52.9 Å². The van der Waals surface area contributed by atoms with E-state index in [0.29, 0.717) is 5.58 Å². The zero-order chi connectivity index (χ0) is 13.4. The largest absolute Gasteiger partial charge is 0.505 e. The van der Waals surface area contributed by atoms with Gasteiger partial charge in [-0.15, -0.1) is 0 Å². The molecule has 2 aromatic carbocycles. The predicted octanol–water partition coefficient (Wildman–Crippen LogP) is 3.51. The maximum absolute atomic E-state index is 13.2. The predicted molar refractivity (Wildman–Crippen MR) is 67.7 cm³/mol. The van der Waals surface area contributed by atoms with Crippen LogP contribution < -0.4 is 0 Å². The van der Waals surface area contributed by atoms with Gasteiger partial charge in [-0.2, -0.15) is 0 Å². The molecule has 0 saturated carbocycles. The van der Waals surface area contributed by atoms with Crippen LogP contribution in [0.4, 0.5) is 4.39 Å². The number of ketones is 1. The molecule has 94 valence electrons. The summed E-state index contributed by atoms with van der Waals surface area (Å²) in [6.07, 6.45) is 0. The number of furan rings is 1. The van der Waals surface area contributed by atoms with Crippen molar-refractivity contribution in [3.05, 3.63) is 65.7 Å². The van der Waals surface area contributed by atoms with Crippen molar-refractivity contribution in [1.29, 1.82) is 0 Å². The Kier molecular flexibility index (Phi) is 2.56. The second-order valence-electron chi connectivity index (χ2n) is 4.14. The maximum Gasteiger partial charge on any atom is 0.228 e. The van der Waals surface area contributed by atoms with E-state index >= 15 is 0 Å². The van der Waals surface area contributed by atoms with E-state index in [1.165, 1.54) is 6.07 Å². The lowest BCUT2D eigenvalue weighted by atomic mass is 10.1. The van der Waals surface area contributed by atoms with Crippen LogP contribution in [-0.4, -0.2) is 10.9 Å². The maximum atomic E-state index is 13.2. The number of hydrogen-bond donors (Lipinski definition) is 1. The summed E-state index contributed by atoms with van der Waals surface area (Å²) < 4.78 is 18.6. The van der Waals surface area contributed by atoms with Crippen molar-refractivity contribution in [3.8, 4) is 5.75 Å². The normalized spacial score (nSPS) is 10.8. The third-order valence-electron chi connectivity index (χ3n) is 2.86. The number of para-hydroxylation sites is 1. The minimum Gasteiger partial charge on any atom is -0.505 e. The molecule has 0 amide bonds. The van der Waals surface area contributed by atoms with Gasteiger partial charge in [-0.1, -0.05) is 18.2 Å². The number of phenolic OH excluding ortho intramolecular Hbond substituents is 1. The number of benzene rings is 2. The fraction of sp³-hybridized carbons (Fsp3) is 0. The van der Waals surface area contributed by atoms with Crippen LogP contribution in [0.1, 0.15) is 16.1 Å². The van der Waals surface area contributed by atoms with E-state index in [-0.39, 0.29) is 11.3 Å². The van der Waals surface area contributed by atoms with Gasteiger partial charge >= 0.3 is 0 Å². The third kappa shape index (κ3) is 1.97. The van der Waals surface area contributed by atoms with Gasteiger partial charge < -0.3 is 9.52 Å². The van der Waals surface area contributed by atoms with Gasteiger partial charge in [-0.05, 0) is 30.3 Å². The fourth-order valence-electron chi connectivity index (χ4n) is 1.88. The van der Waals surface area contributed by atoms with Crippen molar-refractivity contribution >= 4 is 16.8 Å². The second kappa shape index (κ2) is 4.24. The van der Waals surface area contributed by atoms with Gasteiger partial charge in [0.2, 0.25) is 5.78 Å². The van der Waals surface area contributed by atoms with Gasteiger partial charge in [0.25, 0.3) is 0 Å². The Morgan fingerprint density at radius 3 is 2.63 bits per heavy atom. The molecule has 0 spiro atoms. The lowest BCUT2D eigenvalue weighted by molar-refractivity contribution is 0.101. The first-order chi connectivity index (χ1) is 9.15. The van der Waals surface area contributed by atoms with E-state index in [4.69, 9.17) is 9.52 Å². The number of hydrogen-bond acceptors (Lipinski definition) is 3.